The number of carbonyl (C=O) groups is 1. The summed E-state index contributed by atoms with van der Waals surface area (Å²) in [6, 6.07) is 8.46. The Morgan fingerprint density at radius 2 is 1.88 bits per heavy atom. The van der Waals surface area contributed by atoms with E-state index < -0.39 is 0 Å². The zero-order valence-electron chi connectivity index (χ0n) is 8.49. The Morgan fingerprint density at radius 3 is 2.50 bits per heavy atom. The fraction of sp³-hybridized carbons (Fsp3) is 0.308. The number of hydrogen-bond acceptors (Lipinski definition) is 1. The maximum atomic E-state index is 11.5. The van der Waals surface area contributed by atoms with E-state index in [-0.39, 0.29) is 5.78 Å². The Balaban J connectivity index is 1.93. The lowest BCUT2D eigenvalue weighted by molar-refractivity contribution is -0.114. The van der Waals surface area contributed by atoms with Crippen molar-refractivity contribution in [1.29, 1.82) is 0 Å². The number of Topliss-reactive ketones (excluding diaryl/α,β-unsaturated/α-hetero) is 1. The number of allylic oxidation sites excluding steroid dienone is 2. The summed E-state index contributed by atoms with van der Waals surface area (Å²) in [6.07, 6.45) is 2.71. The van der Waals surface area contributed by atoms with Crippen molar-refractivity contribution >= 4 is 37.6 Å². The highest BCUT2D eigenvalue weighted by Gasteiger charge is 2.42. The first-order valence-corrected chi connectivity index (χ1v) is 7.03. The van der Waals surface area contributed by atoms with Crippen LogP contribution in [0.25, 0.3) is 0 Å². The average Bonchev–Trinajstić information content (AvgIpc) is 2.58. The second kappa shape index (κ2) is 3.81. The Kier molecular flexibility index (Phi) is 2.55. The topological polar surface area (TPSA) is 17.1 Å². The summed E-state index contributed by atoms with van der Waals surface area (Å²) >= 11 is 7.04. The molecule has 0 radical (unpaired) electrons. The predicted molar refractivity (Wildman–Crippen MR) is 71.0 cm³/mol. The second-order valence-electron chi connectivity index (χ2n) is 4.36. The van der Waals surface area contributed by atoms with Crippen molar-refractivity contribution in [3.8, 4) is 0 Å². The molecule has 1 aromatic carbocycles. The minimum Gasteiger partial charge on any atom is -0.294 e. The van der Waals surface area contributed by atoms with E-state index in [2.05, 4.69) is 62.2 Å². The molecule has 0 bridgehead atoms. The lowest BCUT2D eigenvalue weighted by Crippen LogP contribution is -2.25. The van der Waals surface area contributed by atoms with Crippen LogP contribution in [0.1, 0.15) is 28.3 Å². The van der Waals surface area contributed by atoms with Crippen LogP contribution in [0.3, 0.4) is 0 Å². The summed E-state index contributed by atoms with van der Waals surface area (Å²) in [5.41, 5.74) is 2.76. The van der Waals surface area contributed by atoms with Crippen LogP contribution in [0.5, 0.6) is 0 Å². The molecule has 1 aromatic rings. The first-order valence-electron chi connectivity index (χ1n) is 5.32. The monoisotopic (exact) mass is 340 g/mol. The molecule has 0 saturated heterocycles. The summed E-state index contributed by atoms with van der Waals surface area (Å²) in [5.74, 6) is 1.03. The molecule has 16 heavy (non-hydrogen) atoms. The number of rotatable bonds is 1. The van der Waals surface area contributed by atoms with Crippen LogP contribution < -0.4 is 0 Å². The largest absolute Gasteiger partial charge is 0.294 e. The first-order chi connectivity index (χ1) is 7.68. The highest BCUT2D eigenvalue weighted by molar-refractivity contribution is 9.12. The van der Waals surface area contributed by atoms with Gasteiger partial charge in [-0.25, -0.2) is 0 Å². The molecule has 0 heterocycles. The highest BCUT2D eigenvalue weighted by atomic mass is 79.9. The van der Waals surface area contributed by atoms with Gasteiger partial charge in [0.15, 0.2) is 5.78 Å². The van der Waals surface area contributed by atoms with Crippen molar-refractivity contribution in [3.05, 3.63) is 46.0 Å². The Hall–Kier alpha value is -0.410. The highest BCUT2D eigenvalue weighted by Crippen LogP contribution is 2.56. The molecule has 2 aliphatic rings. The lowest BCUT2D eigenvalue weighted by Gasteiger charge is -2.39. The summed E-state index contributed by atoms with van der Waals surface area (Å²) in [5, 5.41) is 0. The van der Waals surface area contributed by atoms with Crippen LogP contribution in [0.2, 0.25) is 0 Å². The van der Waals surface area contributed by atoms with E-state index in [0.29, 0.717) is 23.1 Å². The molecule has 0 unspecified atom stereocenters. The third-order valence-corrected chi connectivity index (χ3v) is 5.25. The minimum atomic E-state index is 0.231. The molecule has 0 fully saturated rings. The molecule has 0 N–H and O–H groups in total. The third-order valence-electron chi connectivity index (χ3n) is 3.48. The van der Waals surface area contributed by atoms with Crippen LogP contribution >= 0.6 is 31.9 Å². The van der Waals surface area contributed by atoms with Gasteiger partial charge in [-0.15, -0.1) is 0 Å². The van der Waals surface area contributed by atoms with Gasteiger partial charge in [-0.1, -0.05) is 46.3 Å². The molecule has 0 spiro atoms. The molecular formula is C13H10Br2O. The molecule has 3 heteroatoms. The predicted octanol–water partition coefficient (Wildman–Crippen LogP) is 4.09. The summed E-state index contributed by atoms with van der Waals surface area (Å²) < 4.78 is 0.751. The van der Waals surface area contributed by atoms with Gasteiger partial charge in [-0.05, 0) is 33.0 Å². The SMILES string of the molecule is O=C1C[C@@H]([C@@H]2c3ccccc3[C@H]2Br)C=C1Br. The fourth-order valence-corrected chi connectivity index (χ4v) is 4.25. The molecule has 0 amide bonds. The van der Waals surface area contributed by atoms with Crippen molar-refractivity contribution in [2.75, 3.05) is 0 Å². The summed E-state index contributed by atoms with van der Waals surface area (Å²) in [7, 11) is 0. The van der Waals surface area contributed by atoms with E-state index in [4.69, 9.17) is 0 Å². The van der Waals surface area contributed by atoms with Crippen LogP contribution in [0, 0.1) is 5.92 Å². The molecule has 3 rings (SSSR count). The molecule has 0 aliphatic heterocycles. The minimum absolute atomic E-state index is 0.231. The quantitative estimate of drug-likeness (QED) is 0.703. The van der Waals surface area contributed by atoms with Crippen LogP contribution in [0.4, 0.5) is 0 Å². The number of carbonyl (C=O) groups excluding carboxylic acids is 1. The second-order valence-corrected chi connectivity index (χ2v) is 6.20. The van der Waals surface area contributed by atoms with Crippen LogP contribution in [-0.2, 0) is 4.79 Å². The Bertz CT molecular complexity index is 492. The lowest BCUT2D eigenvalue weighted by atomic mass is 9.70. The number of hydrogen-bond donors (Lipinski definition) is 0. The standard InChI is InChI=1S/C13H10Br2O/c14-10-5-7(6-11(10)16)12-8-3-1-2-4-9(8)13(12)15/h1-5,7,12-13H,6H2/t7-,12+,13+/m0/s1. The number of alkyl halides is 1. The van der Waals surface area contributed by atoms with Crippen molar-refractivity contribution < 1.29 is 4.79 Å². The number of benzene rings is 1. The smallest absolute Gasteiger partial charge is 0.170 e. The van der Waals surface area contributed by atoms with Crippen molar-refractivity contribution in [2.24, 2.45) is 5.92 Å². The van der Waals surface area contributed by atoms with Gasteiger partial charge in [0.05, 0.1) is 4.48 Å². The third kappa shape index (κ3) is 1.45. The van der Waals surface area contributed by atoms with E-state index in [1.54, 1.807) is 0 Å². The van der Waals surface area contributed by atoms with E-state index in [9.17, 15) is 4.79 Å². The Morgan fingerprint density at radius 1 is 1.19 bits per heavy atom. The molecule has 2 aliphatic carbocycles. The fourth-order valence-electron chi connectivity index (χ4n) is 2.65. The number of ketones is 1. The van der Waals surface area contributed by atoms with Gasteiger partial charge in [0.25, 0.3) is 0 Å². The van der Waals surface area contributed by atoms with Gasteiger partial charge < -0.3 is 0 Å². The first kappa shape index (κ1) is 10.7. The van der Waals surface area contributed by atoms with Crippen molar-refractivity contribution in [3.63, 3.8) is 0 Å². The molecule has 82 valence electrons. The van der Waals surface area contributed by atoms with Gasteiger partial charge in [0.2, 0.25) is 0 Å². The van der Waals surface area contributed by atoms with Crippen molar-refractivity contribution in [2.45, 2.75) is 17.2 Å². The van der Waals surface area contributed by atoms with Crippen LogP contribution in [0.15, 0.2) is 34.8 Å². The normalized spacial score (nSPS) is 32.0. The van der Waals surface area contributed by atoms with Crippen molar-refractivity contribution in [1.82, 2.24) is 0 Å². The average molecular weight is 342 g/mol. The van der Waals surface area contributed by atoms with Crippen LogP contribution in [-0.4, -0.2) is 5.78 Å². The molecule has 0 saturated carbocycles. The van der Waals surface area contributed by atoms with E-state index in [0.717, 1.165) is 4.48 Å². The van der Waals surface area contributed by atoms with Gasteiger partial charge in [0, 0.05) is 17.2 Å². The molecule has 3 atom stereocenters. The van der Waals surface area contributed by atoms with Gasteiger partial charge in [-0.2, -0.15) is 0 Å². The number of halogens is 2. The number of fused-ring (bicyclic) bond motifs is 1. The maximum absolute atomic E-state index is 11.5. The summed E-state index contributed by atoms with van der Waals surface area (Å²) in [6.45, 7) is 0. The van der Waals surface area contributed by atoms with Gasteiger partial charge in [-0.3, -0.25) is 4.79 Å². The molecule has 0 aromatic heterocycles. The van der Waals surface area contributed by atoms with E-state index >= 15 is 0 Å². The van der Waals surface area contributed by atoms with E-state index in [1.807, 2.05) is 0 Å². The Labute approximate surface area is 111 Å². The molecular weight excluding hydrogens is 332 g/mol. The maximum Gasteiger partial charge on any atom is 0.170 e. The van der Waals surface area contributed by atoms with Gasteiger partial charge >= 0.3 is 0 Å². The molecule has 1 nitrogen and oxygen atoms in total. The van der Waals surface area contributed by atoms with E-state index in [1.165, 1.54) is 11.1 Å². The van der Waals surface area contributed by atoms with Gasteiger partial charge in [0.1, 0.15) is 0 Å². The zero-order valence-corrected chi connectivity index (χ0v) is 11.7. The summed E-state index contributed by atoms with van der Waals surface area (Å²) in [4.78, 5) is 11.9. The zero-order chi connectivity index (χ0) is 11.3.